The molecule has 1 aromatic rings. The second kappa shape index (κ2) is 4.99. The Morgan fingerprint density at radius 1 is 1.33 bits per heavy atom. The molecule has 2 unspecified atom stereocenters. The van der Waals surface area contributed by atoms with Gasteiger partial charge < -0.3 is 10.1 Å². The Balaban J connectivity index is 2.06. The van der Waals surface area contributed by atoms with Crippen LogP contribution in [0.5, 0.6) is 5.75 Å². The molecular formula is C15H20N2O. The van der Waals surface area contributed by atoms with Gasteiger partial charge >= 0.3 is 0 Å². The third-order valence-electron chi connectivity index (χ3n) is 3.66. The van der Waals surface area contributed by atoms with E-state index in [0.717, 1.165) is 25.0 Å². The van der Waals surface area contributed by atoms with Crippen molar-refractivity contribution in [1.29, 1.82) is 5.26 Å². The van der Waals surface area contributed by atoms with E-state index in [2.05, 4.69) is 43.4 Å². The number of rotatable bonds is 3. The Hall–Kier alpha value is -1.53. The van der Waals surface area contributed by atoms with Crippen LogP contribution < -0.4 is 10.1 Å². The van der Waals surface area contributed by atoms with Gasteiger partial charge in [0.25, 0.3) is 0 Å². The van der Waals surface area contributed by atoms with Crippen LogP contribution in [0.1, 0.15) is 30.4 Å². The molecule has 2 atom stereocenters. The van der Waals surface area contributed by atoms with E-state index in [4.69, 9.17) is 4.74 Å². The van der Waals surface area contributed by atoms with Crippen LogP contribution >= 0.6 is 0 Å². The Kier molecular flexibility index (Phi) is 3.58. The van der Waals surface area contributed by atoms with E-state index in [1.807, 2.05) is 7.05 Å². The summed E-state index contributed by atoms with van der Waals surface area (Å²) in [7, 11) is 1.85. The summed E-state index contributed by atoms with van der Waals surface area (Å²) in [4.78, 5) is 0. The minimum absolute atomic E-state index is 0.137. The first kappa shape index (κ1) is 12.9. The molecule has 96 valence electrons. The van der Waals surface area contributed by atoms with Crippen LogP contribution in [0, 0.1) is 25.2 Å². The van der Waals surface area contributed by atoms with Gasteiger partial charge in [0.05, 0.1) is 6.07 Å². The second-order valence-corrected chi connectivity index (χ2v) is 5.25. The molecule has 0 bridgehead atoms. The molecule has 0 aromatic heterocycles. The molecule has 3 heteroatoms. The quantitative estimate of drug-likeness (QED) is 0.889. The minimum atomic E-state index is -0.399. The van der Waals surface area contributed by atoms with Crippen molar-refractivity contribution in [3.8, 4) is 11.8 Å². The molecule has 1 aliphatic carbocycles. The van der Waals surface area contributed by atoms with Crippen molar-refractivity contribution >= 4 is 0 Å². The number of nitriles is 1. The van der Waals surface area contributed by atoms with Gasteiger partial charge in [-0.3, -0.25) is 0 Å². The highest BCUT2D eigenvalue weighted by molar-refractivity contribution is 5.33. The lowest BCUT2D eigenvalue weighted by Crippen LogP contribution is -2.39. The van der Waals surface area contributed by atoms with E-state index >= 15 is 0 Å². The van der Waals surface area contributed by atoms with Gasteiger partial charge in [0.1, 0.15) is 17.4 Å². The van der Waals surface area contributed by atoms with Crippen molar-refractivity contribution in [2.24, 2.45) is 0 Å². The molecule has 0 aliphatic heterocycles. The maximum atomic E-state index is 9.22. The SMILES string of the molecule is CNC1(C#N)CCC(Oc2cc(C)cc(C)c2)C1. The summed E-state index contributed by atoms with van der Waals surface area (Å²) in [5.74, 6) is 0.919. The van der Waals surface area contributed by atoms with Crippen LogP contribution in [0.15, 0.2) is 18.2 Å². The number of ether oxygens (including phenoxy) is 1. The van der Waals surface area contributed by atoms with E-state index < -0.39 is 5.54 Å². The summed E-state index contributed by atoms with van der Waals surface area (Å²) in [6.45, 7) is 4.14. The van der Waals surface area contributed by atoms with Crippen molar-refractivity contribution in [2.45, 2.75) is 44.8 Å². The zero-order valence-corrected chi connectivity index (χ0v) is 11.3. The topological polar surface area (TPSA) is 45.0 Å². The molecule has 18 heavy (non-hydrogen) atoms. The first-order valence-corrected chi connectivity index (χ1v) is 6.42. The summed E-state index contributed by atoms with van der Waals surface area (Å²) in [6, 6.07) is 8.62. The maximum Gasteiger partial charge on any atom is 0.120 e. The van der Waals surface area contributed by atoms with Crippen molar-refractivity contribution in [1.82, 2.24) is 5.32 Å². The zero-order chi connectivity index (χ0) is 13.2. The summed E-state index contributed by atoms with van der Waals surface area (Å²) in [5.41, 5.74) is 2.02. The third-order valence-corrected chi connectivity index (χ3v) is 3.66. The molecule has 0 spiro atoms. The number of hydrogen-bond acceptors (Lipinski definition) is 3. The van der Waals surface area contributed by atoms with Gasteiger partial charge in [-0.25, -0.2) is 0 Å². The molecule has 1 saturated carbocycles. The average molecular weight is 244 g/mol. The molecule has 3 nitrogen and oxygen atoms in total. The molecule has 0 radical (unpaired) electrons. The van der Waals surface area contributed by atoms with Crippen LogP contribution in [0.4, 0.5) is 0 Å². The summed E-state index contributed by atoms with van der Waals surface area (Å²) in [6.07, 6.45) is 2.68. The standard InChI is InChI=1S/C15H20N2O/c1-11-6-12(2)8-14(7-11)18-13-4-5-15(9-13,10-16)17-3/h6-8,13,17H,4-5,9H2,1-3H3. The molecule has 1 aromatic carbocycles. The van der Waals surface area contributed by atoms with E-state index in [0.29, 0.717) is 0 Å². The fourth-order valence-corrected chi connectivity index (χ4v) is 2.68. The van der Waals surface area contributed by atoms with Crippen molar-refractivity contribution < 1.29 is 4.74 Å². The predicted molar refractivity (Wildman–Crippen MR) is 71.6 cm³/mol. The van der Waals surface area contributed by atoms with Gasteiger partial charge in [-0.2, -0.15) is 5.26 Å². The zero-order valence-electron chi connectivity index (χ0n) is 11.3. The molecule has 0 saturated heterocycles. The number of benzene rings is 1. The maximum absolute atomic E-state index is 9.22. The molecule has 2 rings (SSSR count). The van der Waals surface area contributed by atoms with E-state index in [1.54, 1.807) is 0 Å². The van der Waals surface area contributed by atoms with Gasteiger partial charge in [-0.15, -0.1) is 0 Å². The van der Waals surface area contributed by atoms with Gasteiger partial charge in [-0.1, -0.05) is 6.07 Å². The van der Waals surface area contributed by atoms with Gasteiger partial charge in [0, 0.05) is 6.42 Å². The monoisotopic (exact) mass is 244 g/mol. The molecular weight excluding hydrogens is 224 g/mol. The van der Waals surface area contributed by atoms with Crippen LogP contribution in [-0.2, 0) is 0 Å². The highest BCUT2D eigenvalue weighted by Gasteiger charge is 2.39. The molecule has 1 aliphatic rings. The Bertz CT molecular complexity index is 458. The highest BCUT2D eigenvalue weighted by Crippen LogP contribution is 2.32. The van der Waals surface area contributed by atoms with E-state index in [1.165, 1.54) is 11.1 Å². The molecule has 0 amide bonds. The molecule has 0 heterocycles. The van der Waals surface area contributed by atoms with Crippen LogP contribution in [0.25, 0.3) is 0 Å². The van der Waals surface area contributed by atoms with Crippen molar-refractivity contribution in [3.05, 3.63) is 29.3 Å². The van der Waals surface area contributed by atoms with Crippen LogP contribution in [-0.4, -0.2) is 18.7 Å². The Morgan fingerprint density at radius 3 is 2.50 bits per heavy atom. The highest BCUT2D eigenvalue weighted by atomic mass is 16.5. The van der Waals surface area contributed by atoms with E-state index in [9.17, 15) is 5.26 Å². The Morgan fingerprint density at radius 2 is 2.00 bits per heavy atom. The first-order valence-electron chi connectivity index (χ1n) is 6.42. The smallest absolute Gasteiger partial charge is 0.120 e. The van der Waals surface area contributed by atoms with Gasteiger partial charge in [-0.05, 0) is 57.0 Å². The summed E-state index contributed by atoms with van der Waals surface area (Å²) in [5, 5.41) is 12.3. The molecule has 1 fully saturated rings. The number of aryl methyl sites for hydroxylation is 2. The average Bonchev–Trinajstić information content (AvgIpc) is 2.72. The lowest BCUT2D eigenvalue weighted by molar-refractivity contribution is 0.202. The van der Waals surface area contributed by atoms with Crippen LogP contribution in [0.3, 0.4) is 0 Å². The fraction of sp³-hybridized carbons (Fsp3) is 0.533. The third kappa shape index (κ3) is 2.65. The largest absolute Gasteiger partial charge is 0.490 e. The van der Waals surface area contributed by atoms with Crippen LogP contribution in [0.2, 0.25) is 0 Å². The lowest BCUT2D eigenvalue weighted by Gasteiger charge is -2.20. The Labute approximate surface area is 109 Å². The number of nitrogens with one attached hydrogen (secondary N) is 1. The van der Waals surface area contributed by atoms with E-state index in [-0.39, 0.29) is 6.10 Å². The summed E-state index contributed by atoms with van der Waals surface area (Å²) < 4.78 is 6.00. The van der Waals surface area contributed by atoms with Crippen molar-refractivity contribution in [3.63, 3.8) is 0 Å². The normalized spacial score (nSPS) is 26.9. The van der Waals surface area contributed by atoms with Crippen molar-refractivity contribution in [2.75, 3.05) is 7.05 Å². The molecule has 1 N–H and O–H groups in total. The minimum Gasteiger partial charge on any atom is -0.490 e. The number of hydrogen-bond donors (Lipinski definition) is 1. The predicted octanol–water partition coefficient (Wildman–Crippen LogP) is 2.72. The number of nitrogens with zero attached hydrogens (tertiary/aromatic N) is 1. The second-order valence-electron chi connectivity index (χ2n) is 5.25. The van der Waals surface area contributed by atoms with Gasteiger partial charge in [0.15, 0.2) is 0 Å². The lowest BCUT2D eigenvalue weighted by atomic mass is 10.0. The van der Waals surface area contributed by atoms with Gasteiger partial charge in [0.2, 0.25) is 0 Å². The first-order chi connectivity index (χ1) is 8.57. The summed E-state index contributed by atoms with van der Waals surface area (Å²) >= 11 is 0. The fourth-order valence-electron chi connectivity index (χ4n) is 2.68.